The largest absolute Gasteiger partial charge is 0.330 e. The number of hydrogen-bond donors (Lipinski definition) is 1. The molecule has 0 aromatic heterocycles. The predicted molar refractivity (Wildman–Crippen MR) is 75.6 cm³/mol. The Balaban J connectivity index is 2.65. The third-order valence-corrected chi connectivity index (χ3v) is 3.92. The monoisotopic (exact) mass is 255 g/mol. The van der Waals surface area contributed by atoms with Crippen LogP contribution in [0.1, 0.15) is 51.9 Å². The molecular formula is C14H29N3O. The summed E-state index contributed by atoms with van der Waals surface area (Å²) in [6.45, 7) is 4.26. The number of nitrogens with two attached hydrogens (primary N) is 1. The van der Waals surface area contributed by atoms with Gasteiger partial charge in [0.05, 0.1) is 0 Å². The lowest BCUT2D eigenvalue weighted by atomic mass is 10.1. The number of urea groups is 1. The van der Waals surface area contributed by atoms with E-state index in [0.717, 1.165) is 32.4 Å². The van der Waals surface area contributed by atoms with E-state index >= 15 is 0 Å². The van der Waals surface area contributed by atoms with Gasteiger partial charge in [0.2, 0.25) is 0 Å². The van der Waals surface area contributed by atoms with E-state index in [1.165, 1.54) is 25.7 Å². The Bertz CT molecular complexity index is 237. The van der Waals surface area contributed by atoms with Gasteiger partial charge in [0.1, 0.15) is 0 Å². The smallest absolute Gasteiger partial charge is 0.319 e. The molecule has 0 spiro atoms. The summed E-state index contributed by atoms with van der Waals surface area (Å²) in [7, 11) is 1.88. The van der Waals surface area contributed by atoms with Crippen molar-refractivity contribution in [1.82, 2.24) is 9.80 Å². The minimum atomic E-state index is 0.179. The minimum absolute atomic E-state index is 0.179. The van der Waals surface area contributed by atoms with E-state index in [1.54, 1.807) is 4.90 Å². The van der Waals surface area contributed by atoms with Crippen LogP contribution in [-0.4, -0.2) is 48.6 Å². The molecule has 1 aliphatic rings. The molecule has 1 aliphatic carbocycles. The summed E-state index contributed by atoms with van der Waals surface area (Å²) in [5, 5.41) is 0. The van der Waals surface area contributed by atoms with Crippen molar-refractivity contribution < 1.29 is 4.79 Å². The Hall–Kier alpha value is -0.770. The highest BCUT2D eigenvalue weighted by molar-refractivity contribution is 5.74. The van der Waals surface area contributed by atoms with Crippen molar-refractivity contribution in [2.24, 2.45) is 5.73 Å². The lowest BCUT2D eigenvalue weighted by molar-refractivity contribution is 0.137. The lowest BCUT2D eigenvalue weighted by Crippen LogP contribution is -2.47. The summed E-state index contributed by atoms with van der Waals surface area (Å²) >= 11 is 0. The van der Waals surface area contributed by atoms with Crippen LogP contribution in [0.4, 0.5) is 4.79 Å². The number of carbonyl (C=O) groups is 1. The van der Waals surface area contributed by atoms with Crippen LogP contribution in [0.25, 0.3) is 0 Å². The van der Waals surface area contributed by atoms with E-state index in [9.17, 15) is 4.79 Å². The van der Waals surface area contributed by atoms with Crippen molar-refractivity contribution in [3.8, 4) is 0 Å². The molecule has 18 heavy (non-hydrogen) atoms. The quantitative estimate of drug-likeness (QED) is 0.767. The number of nitrogens with zero attached hydrogens (tertiary/aromatic N) is 2. The molecule has 4 heteroatoms. The van der Waals surface area contributed by atoms with Crippen LogP contribution in [0.5, 0.6) is 0 Å². The highest BCUT2D eigenvalue weighted by Gasteiger charge is 2.25. The van der Waals surface area contributed by atoms with Crippen LogP contribution in [0.3, 0.4) is 0 Å². The van der Waals surface area contributed by atoms with Crippen molar-refractivity contribution in [3.05, 3.63) is 0 Å². The number of carbonyl (C=O) groups excluding carboxylic acids is 1. The fourth-order valence-electron chi connectivity index (χ4n) is 2.62. The van der Waals surface area contributed by atoms with Gasteiger partial charge in [0.25, 0.3) is 0 Å². The second-order valence-electron chi connectivity index (χ2n) is 5.28. The van der Waals surface area contributed by atoms with Crippen molar-refractivity contribution in [2.75, 3.05) is 26.7 Å². The zero-order chi connectivity index (χ0) is 13.4. The van der Waals surface area contributed by atoms with Gasteiger partial charge < -0.3 is 15.5 Å². The molecule has 2 N–H and O–H groups in total. The Kier molecular flexibility index (Phi) is 7.09. The normalized spacial score (nSPS) is 17.3. The molecule has 0 bridgehead atoms. The highest BCUT2D eigenvalue weighted by Crippen LogP contribution is 2.22. The molecule has 0 heterocycles. The van der Waals surface area contributed by atoms with Gasteiger partial charge in [-0.1, -0.05) is 25.7 Å². The molecule has 0 aromatic rings. The molecular weight excluding hydrogens is 226 g/mol. The second-order valence-corrected chi connectivity index (χ2v) is 5.28. The van der Waals surface area contributed by atoms with Gasteiger partial charge >= 0.3 is 6.03 Å². The second kappa shape index (κ2) is 8.35. The summed E-state index contributed by atoms with van der Waals surface area (Å²) in [4.78, 5) is 16.3. The van der Waals surface area contributed by atoms with Crippen molar-refractivity contribution in [1.29, 1.82) is 0 Å². The fourth-order valence-corrected chi connectivity index (χ4v) is 2.62. The SMILES string of the molecule is CCN(C)C(=O)N(CCCN)C1CCCCCC1. The summed E-state index contributed by atoms with van der Waals surface area (Å²) in [5.74, 6) is 0. The fraction of sp³-hybridized carbons (Fsp3) is 0.929. The molecule has 1 saturated carbocycles. The van der Waals surface area contributed by atoms with E-state index < -0.39 is 0 Å². The number of rotatable bonds is 5. The average molecular weight is 255 g/mol. The lowest BCUT2D eigenvalue weighted by Gasteiger charge is -2.34. The van der Waals surface area contributed by atoms with E-state index in [2.05, 4.69) is 4.90 Å². The Morgan fingerprint density at radius 3 is 2.33 bits per heavy atom. The van der Waals surface area contributed by atoms with Crippen LogP contribution in [0, 0.1) is 0 Å². The molecule has 1 rings (SSSR count). The van der Waals surface area contributed by atoms with E-state index in [1.807, 2.05) is 14.0 Å². The molecule has 0 saturated heterocycles. The maximum Gasteiger partial charge on any atom is 0.319 e. The van der Waals surface area contributed by atoms with Crippen LogP contribution in [0.2, 0.25) is 0 Å². The van der Waals surface area contributed by atoms with Gasteiger partial charge in [-0.15, -0.1) is 0 Å². The number of amides is 2. The highest BCUT2D eigenvalue weighted by atomic mass is 16.2. The van der Waals surface area contributed by atoms with Gasteiger partial charge in [-0.2, -0.15) is 0 Å². The van der Waals surface area contributed by atoms with Crippen LogP contribution >= 0.6 is 0 Å². The molecule has 1 fully saturated rings. The van der Waals surface area contributed by atoms with Crippen molar-refractivity contribution >= 4 is 6.03 Å². The molecule has 0 aliphatic heterocycles. The van der Waals surface area contributed by atoms with Crippen LogP contribution < -0.4 is 5.73 Å². The van der Waals surface area contributed by atoms with Crippen molar-refractivity contribution in [2.45, 2.75) is 57.9 Å². The van der Waals surface area contributed by atoms with Crippen molar-refractivity contribution in [3.63, 3.8) is 0 Å². The molecule has 2 amide bonds. The third-order valence-electron chi connectivity index (χ3n) is 3.92. The van der Waals surface area contributed by atoms with Crippen LogP contribution in [-0.2, 0) is 0 Å². The molecule has 0 unspecified atom stereocenters. The Morgan fingerprint density at radius 1 is 1.22 bits per heavy atom. The van der Waals surface area contributed by atoms with E-state index in [4.69, 9.17) is 5.73 Å². The Morgan fingerprint density at radius 2 is 1.83 bits per heavy atom. The van der Waals surface area contributed by atoms with Gasteiger partial charge in [-0.3, -0.25) is 0 Å². The molecule has 0 aromatic carbocycles. The standard InChI is InChI=1S/C14H29N3O/c1-3-16(2)14(18)17(12-8-11-15)13-9-6-4-5-7-10-13/h13H,3-12,15H2,1-2H3. The van der Waals surface area contributed by atoms with Crippen LogP contribution in [0.15, 0.2) is 0 Å². The average Bonchev–Trinajstić information content (AvgIpc) is 2.67. The Labute approximate surface area is 111 Å². The number of hydrogen-bond acceptors (Lipinski definition) is 2. The molecule has 0 atom stereocenters. The van der Waals surface area contributed by atoms with E-state index in [0.29, 0.717) is 12.6 Å². The maximum absolute atomic E-state index is 12.4. The van der Waals surface area contributed by atoms with Gasteiger partial charge in [-0.25, -0.2) is 4.79 Å². The first-order chi connectivity index (χ1) is 8.70. The third kappa shape index (κ3) is 4.48. The zero-order valence-corrected chi connectivity index (χ0v) is 12.0. The first-order valence-corrected chi connectivity index (χ1v) is 7.42. The summed E-state index contributed by atoms with van der Waals surface area (Å²) in [5.41, 5.74) is 5.59. The predicted octanol–water partition coefficient (Wildman–Crippen LogP) is 2.43. The topological polar surface area (TPSA) is 49.6 Å². The summed E-state index contributed by atoms with van der Waals surface area (Å²) in [6, 6.07) is 0.610. The first-order valence-electron chi connectivity index (χ1n) is 7.42. The maximum atomic E-state index is 12.4. The molecule has 0 radical (unpaired) electrons. The van der Waals surface area contributed by atoms with Gasteiger partial charge in [-0.05, 0) is 32.7 Å². The minimum Gasteiger partial charge on any atom is -0.330 e. The molecule has 106 valence electrons. The summed E-state index contributed by atoms with van der Waals surface area (Å²) in [6.07, 6.45) is 8.37. The zero-order valence-electron chi connectivity index (χ0n) is 12.0. The van der Waals surface area contributed by atoms with E-state index in [-0.39, 0.29) is 6.03 Å². The van der Waals surface area contributed by atoms with Gasteiger partial charge in [0.15, 0.2) is 0 Å². The molecule has 4 nitrogen and oxygen atoms in total. The first kappa shape index (κ1) is 15.3. The summed E-state index contributed by atoms with van der Waals surface area (Å²) < 4.78 is 0. The van der Waals surface area contributed by atoms with Gasteiger partial charge in [0, 0.05) is 26.2 Å².